The van der Waals surface area contributed by atoms with Gasteiger partial charge in [-0.05, 0) is 54.3 Å². The standard InChI is InChI=1S/C25H32N2O4/c1-26(2)21-10-7-19(8-11-21)17-27(18-22-6-5-13-31-22)25(28)12-9-20-14-23(29-3)16-24(15-20)30-4/h7-12,14-16,22H,5-6,13,17-18H2,1-4H3/b12-9+. The molecule has 166 valence electrons. The average molecular weight is 425 g/mol. The van der Waals surface area contributed by atoms with E-state index in [1.54, 1.807) is 32.4 Å². The smallest absolute Gasteiger partial charge is 0.246 e. The molecule has 0 radical (unpaired) electrons. The van der Waals surface area contributed by atoms with E-state index in [0.29, 0.717) is 24.6 Å². The minimum Gasteiger partial charge on any atom is -0.497 e. The summed E-state index contributed by atoms with van der Waals surface area (Å²) < 4.78 is 16.4. The van der Waals surface area contributed by atoms with Gasteiger partial charge in [-0.15, -0.1) is 0 Å². The van der Waals surface area contributed by atoms with Gasteiger partial charge in [-0.25, -0.2) is 0 Å². The number of hydrogen-bond donors (Lipinski definition) is 0. The lowest BCUT2D eigenvalue weighted by Crippen LogP contribution is -2.35. The highest BCUT2D eigenvalue weighted by Crippen LogP contribution is 2.23. The van der Waals surface area contributed by atoms with Gasteiger partial charge in [0.2, 0.25) is 5.91 Å². The summed E-state index contributed by atoms with van der Waals surface area (Å²) in [5.41, 5.74) is 3.07. The van der Waals surface area contributed by atoms with Crippen molar-refractivity contribution in [2.45, 2.75) is 25.5 Å². The molecule has 0 aromatic heterocycles. The summed E-state index contributed by atoms with van der Waals surface area (Å²) in [6, 6.07) is 13.8. The van der Waals surface area contributed by atoms with Crippen molar-refractivity contribution >= 4 is 17.7 Å². The zero-order chi connectivity index (χ0) is 22.2. The van der Waals surface area contributed by atoms with E-state index in [2.05, 4.69) is 29.2 Å². The Hall–Kier alpha value is -2.99. The molecule has 1 heterocycles. The lowest BCUT2D eigenvalue weighted by Gasteiger charge is -2.25. The van der Waals surface area contributed by atoms with Crippen molar-refractivity contribution in [2.75, 3.05) is 46.4 Å². The van der Waals surface area contributed by atoms with Crippen LogP contribution in [0.4, 0.5) is 5.69 Å². The summed E-state index contributed by atoms with van der Waals surface area (Å²) >= 11 is 0. The normalized spacial score (nSPS) is 15.8. The Labute approximate surface area is 185 Å². The molecule has 0 bridgehead atoms. The van der Waals surface area contributed by atoms with Gasteiger partial charge in [0.05, 0.1) is 20.3 Å². The highest BCUT2D eigenvalue weighted by atomic mass is 16.5. The summed E-state index contributed by atoms with van der Waals surface area (Å²) in [6.45, 7) is 1.89. The maximum atomic E-state index is 13.1. The molecule has 0 N–H and O–H groups in total. The highest BCUT2D eigenvalue weighted by Gasteiger charge is 2.21. The monoisotopic (exact) mass is 424 g/mol. The Morgan fingerprint density at radius 1 is 1.10 bits per heavy atom. The molecule has 6 nitrogen and oxygen atoms in total. The third kappa shape index (κ3) is 6.49. The van der Waals surface area contributed by atoms with Crippen LogP contribution in [0.25, 0.3) is 6.08 Å². The number of hydrogen-bond acceptors (Lipinski definition) is 5. The number of carbonyl (C=O) groups excluding carboxylic acids is 1. The molecule has 3 rings (SSSR count). The number of rotatable bonds is 9. The van der Waals surface area contributed by atoms with E-state index in [1.165, 1.54) is 0 Å². The zero-order valence-electron chi connectivity index (χ0n) is 18.8. The second kappa shape index (κ2) is 10.9. The van der Waals surface area contributed by atoms with Crippen LogP contribution in [-0.4, -0.2) is 58.4 Å². The van der Waals surface area contributed by atoms with Crippen molar-refractivity contribution in [1.29, 1.82) is 0 Å². The molecule has 31 heavy (non-hydrogen) atoms. The molecule has 2 aromatic carbocycles. The van der Waals surface area contributed by atoms with E-state index in [9.17, 15) is 4.79 Å². The highest BCUT2D eigenvalue weighted by molar-refractivity contribution is 5.92. The van der Waals surface area contributed by atoms with Crippen LogP contribution in [0, 0.1) is 0 Å². The third-order valence-corrected chi connectivity index (χ3v) is 5.38. The first-order valence-corrected chi connectivity index (χ1v) is 10.6. The van der Waals surface area contributed by atoms with Gasteiger partial charge < -0.3 is 24.0 Å². The molecule has 6 heteroatoms. The zero-order valence-corrected chi connectivity index (χ0v) is 18.8. The summed E-state index contributed by atoms with van der Waals surface area (Å²) in [6.07, 6.45) is 5.53. The lowest BCUT2D eigenvalue weighted by molar-refractivity contribution is -0.128. The molecular formula is C25H32N2O4. The minimum absolute atomic E-state index is 0.0472. The molecule has 0 aliphatic carbocycles. The van der Waals surface area contributed by atoms with Crippen molar-refractivity contribution in [2.24, 2.45) is 0 Å². The van der Waals surface area contributed by atoms with Gasteiger partial charge in [0.15, 0.2) is 0 Å². The van der Waals surface area contributed by atoms with Crippen molar-refractivity contribution in [3.05, 3.63) is 59.7 Å². The summed E-state index contributed by atoms with van der Waals surface area (Å²) in [7, 11) is 7.25. The Morgan fingerprint density at radius 3 is 2.32 bits per heavy atom. The van der Waals surface area contributed by atoms with Crippen molar-refractivity contribution in [1.82, 2.24) is 4.90 Å². The van der Waals surface area contributed by atoms with Crippen molar-refractivity contribution in [3.63, 3.8) is 0 Å². The van der Waals surface area contributed by atoms with Gasteiger partial charge in [-0.3, -0.25) is 4.79 Å². The van der Waals surface area contributed by atoms with E-state index in [-0.39, 0.29) is 12.0 Å². The van der Waals surface area contributed by atoms with Crippen LogP contribution < -0.4 is 14.4 Å². The number of methoxy groups -OCH3 is 2. The average Bonchev–Trinajstić information content (AvgIpc) is 3.30. The van der Waals surface area contributed by atoms with Crippen LogP contribution in [0.5, 0.6) is 11.5 Å². The molecule has 1 atom stereocenters. The molecule has 1 fully saturated rings. The maximum Gasteiger partial charge on any atom is 0.246 e. The van der Waals surface area contributed by atoms with Crippen LogP contribution >= 0.6 is 0 Å². The van der Waals surface area contributed by atoms with E-state index < -0.39 is 0 Å². The third-order valence-electron chi connectivity index (χ3n) is 5.38. The fourth-order valence-electron chi connectivity index (χ4n) is 3.59. The molecule has 2 aromatic rings. The molecule has 1 saturated heterocycles. The van der Waals surface area contributed by atoms with E-state index in [4.69, 9.17) is 14.2 Å². The van der Waals surface area contributed by atoms with Gasteiger partial charge in [0, 0.05) is 51.6 Å². The Morgan fingerprint density at radius 2 is 1.77 bits per heavy atom. The molecule has 1 aliphatic heterocycles. The fourth-order valence-corrected chi connectivity index (χ4v) is 3.59. The summed E-state index contributed by atoms with van der Waals surface area (Å²) in [5.74, 6) is 1.32. The number of anilines is 1. The Bertz CT molecular complexity index is 865. The Balaban J connectivity index is 1.76. The summed E-state index contributed by atoms with van der Waals surface area (Å²) in [5, 5.41) is 0. The van der Waals surface area contributed by atoms with Crippen molar-refractivity contribution < 1.29 is 19.0 Å². The van der Waals surface area contributed by atoms with Crippen LogP contribution in [0.3, 0.4) is 0 Å². The lowest BCUT2D eigenvalue weighted by atomic mass is 10.1. The molecule has 1 unspecified atom stereocenters. The van der Waals surface area contributed by atoms with E-state index in [0.717, 1.165) is 36.3 Å². The number of amides is 1. The predicted octanol–water partition coefficient (Wildman–Crippen LogP) is 3.99. The topological polar surface area (TPSA) is 51.2 Å². The first-order valence-electron chi connectivity index (χ1n) is 10.6. The second-order valence-corrected chi connectivity index (χ2v) is 7.89. The number of benzene rings is 2. The van der Waals surface area contributed by atoms with Crippen molar-refractivity contribution in [3.8, 4) is 11.5 Å². The molecule has 1 aliphatic rings. The molecular weight excluding hydrogens is 392 g/mol. The van der Waals surface area contributed by atoms with Crippen LogP contribution in [-0.2, 0) is 16.1 Å². The Kier molecular flexibility index (Phi) is 7.95. The first kappa shape index (κ1) is 22.7. The second-order valence-electron chi connectivity index (χ2n) is 7.89. The molecule has 0 spiro atoms. The maximum absolute atomic E-state index is 13.1. The van der Waals surface area contributed by atoms with E-state index >= 15 is 0 Å². The minimum atomic E-state index is -0.0472. The number of carbonyl (C=O) groups is 1. The largest absolute Gasteiger partial charge is 0.497 e. The van der Waals surface area contributed by atoms with Gasteiger partial charge in [-0.1, -0.05) is 12.1 Å². The van der Waals surface area contributed by atoms with Crippen LogP contribution in [0.15, 0.2) is 48.5 Å². The van der Waals surface area contributed by atoms with Crippen LogP contribution in [0.2, 0.25) is 0 Å². The SMILES string of the molecule is COc1cc(/C=C/C(=O)N(Cc2ccc(N(C)C)cc2)CC2CCCO2)cc(OC)c1. The van der Waals surface area contributed by atoms with Gasteiger partial charge in [-0.2, -0.15) is 0 Å². The number of ether oxygens (including phenoxy) is 3. The fraction of sp³-hybridized carbons (Fsp3) is 0.400. The molecule has 1 amide bonds. The number of nitrogens with zero attached hydrogens (tertiary/aromatic N) is 2. The predicted molar refractivity (Wildman–Crippen MR) is 124 cm³/mol. The van der Waals surface area contributed by atoms with E-state index in [1.807, 2.05) is 31.1 Å². The molecule has 0 saturated carbocycles. The van der Waals surface area contributed by atoms with Gasteiger partial charge in [0.1, 0.15) is 11.5 Å². The van der Waals surface area contributed by atoms with Gasteiger partial charge >= 0.3 is 0 Å². The summed E-state index contributed by atoms with van der Waals surface area (Å²) in [4.78, 5) is 17.0. The first-order chi connectivity index (χ1) is 15.0. The quantitative estimate of drug-likeness (QED) is 0.570. The van der Waals surface area contributed by atoms with Crippen LogP contribution in [0.1, 0.15) is 24.0 Å². The van der Waals surface area contributed by atoms with Gasteiger partial charge in [0.25, 0.3) is 0 Å².